The van der Waals surface area contributed by atoms with E-state index in [1.165, 1.54) is 0 Å². The fraction of sp³-hybridized carbons (Fsp3) is 0.980. The lowest BCUT2D eigenvalue weighted by Gasteiger charge is -2.60. The first-order chi connectivity index (χ1) is 35.1. The van der Waals surface area contributed by atoms with Crippen molar-refractivity contribution in [3.05, 3.63) is 0 Å². The minimum Gasteiger partial charge on any atom is -0.394 e. The summed E-state index contributed by atoms with van der Waals surface area (Å²) in [6.45, 7) is 8.51. The molecule has 0 aromatic rings. The molecule has 5 heterocycles. The van der Waals surface area contributed by atoms with Crippen LogP contribution >= 0.6 is 0 Å². The average Bonchev–Trinajstić information content (AvgIpc) is 3.67. The molecule has 0 bridgehead atoms. The molecule has 0 spiro atoms. The second-order valence-electron chi connectivity index (χ2n) is 23.8. The number of aliphatic hydroxyl groups is 12. The van der Waals surface area contributed by atoms with Crippen LogP contribution in [0.3, 0.4) is 0 Å². The predicted molar refractivity (Wildman–Crippen MR) is 249 cm³/mol. The van der Waals surface area contributed by atoms with Gasteiger partial charge in [0.15, 0.2) is 30.9 Å². The molecule has 9 aliphatic rings. The number of hydrogen-bond acceptors (Lipinski definition) is 23. The number of carbonyl (C=O) groups is 1. The summed E-state index contributed by atoms with van der Waals surface area (Å²) in [5.74, 6) is 1.13. The number of fused-ring (bicyclic) bond motifs is 5. The Bertz CT molecular complexity index is 1870. The Morgan fingerprint density at radius 1 is 0.595 bits per heavy atom. The van der Waals surface area contributed by atoms with Gasteiger partial charge in [-0.05, 0) is 99.2 Å². The molecular weight excluding hydrogens is 981 g/mol. The Balaban J connectivity index is 0.882. The molecule has 30 atom stereocenters. The lowest BCUT2D eigenvalue weighted by molar-refractivity contribution is -0.404. The van der Waals surface area contributed by atoms with Gasteiger partial charge < -0.3 is 109 Å². The molecule has 9 rings (SSSR count). The van der Waals surface area contributed by atoms with Gasteiger partial charge in [-0.3, -0.25) is 4.79 Å². The molecule has 4 aliphatic carbocycles. The van der Waals surface area contributed by atoms with E-state index in [4.69, 9.17) is 47.4 Å². The molecule has 7 unspecified atom stereocenters. The molecule has 9 fully saturated rings. The Hall–Kier alpha value is -1.21. The maximum atomic E-state index is 14.6. The summed E-state index contributed by atoms with van der Waals surface area (Å²) in [7, 11) is 0. The van der Waals surface area contributed by atoms with Gasteiger partial charge in [-0.15, -0.1) is 0 Å². The number of rotatable bonds is 14. The molecule has 426 valence electrons. The fourth-order valence-electron chi connectivity index (χ4n) is 14.9. The number of aliphatic hydroxyl groups excluding tert-OH is 12. The Morgan fingerprint density at radius 2 is 1.22 bits per heavy atom. The van der Waals surface area contributed by atoms with Crippen LogP contribution in [0.15, 0.2) is 0 Å². The SMILES string of the molecule is CC[C@H]1[C@@H](O[C@@]2(C)CC[C@@H](C)CO2)C[C@H]2[C@@H]3CC[C@H]4C[C@@H](O[C@@H]5OC(CO)[C@H](O[C@@H]6OC(CO)[C@@H](O)[C@H](O[C@@H]7OC[C@@H](O)[C@H](O)C7O)C6O[C@@H]6OC(CO)[C@@H](O)[C@H](O)C6O)[C@H](O)C5O)CC[C@]4(C)[C@H]3CC(=O)[C@@]21C. The molecule has 0 aromatic carbocycles. The molecule has 5 saturated heterocycles. The monoisotopic (exact) mass is 1060 g/mol. The molecule has 0 amide bonds. The smallest absolute Gasteiger partial charge is 0.187 e. The second-order valence-corrected chi connectivity index (χ2v) is 23.8. The highest BCUT2D eigenvalue weighted by Crippen LogP contribution is 2.67. The van der Waals surface area contributed by atoms with E-state index < -0.39 is 160 Å². The zero-order valence-electron chi connectivity index (χ0n) is 43.1. The van der Waals surface area contributed by atoms with E-state index in [-0.39, 0.29) is 35.2 Å². The van der Waals surface area contributed by atoms with Crippen molar-refractivity contribution in [1.29, 1.82) is 0 Å². The van der Waals surface area contributed by atoms with Crippen LogP contribution in [0.2, 0.25) is 0 Å². The Morgan fingerprint density at radius 3 is 1.89 bits per heavy atom. The van der Waals surface area contributed by atoms with Gasteiger partial charge in [-0.2, -0.15) is 0 Å². The van der Waals surface area contributed by atoms with E-state index in [0.717, 1.165) is 44.9 Å². The first-order valence-corrected chi connectivity index (χ1v) is 27.1. The van der Waals surface area contributed by atoms with Crippen molar-refractivity contribution in [1.82, 2.24) is 0 Å². The van der Waals surface area contributed by atoms with Crippen LogP contribution in [0, 0.1) is 46.3 Å². The summed E-state index contributed by atoms with van der Waals surface area (Å²) in [6.07, 6.45) is -26.0. The molecule has 0 radical (unpaired) electrons. The van der Waals surface area contributed by atoms with Gasteiger partial charge in [0.1, 0.15) is 97.3 Å². The third kappa shape index (κ3) is 10.4. The van der Waals surface area contributed by atoms with Crippen molar-refractivity contribution >= 4 is 5.78 Å². The van der Waals surface area contributed by atoms with Crippen LogP contribution in [0.25, 0.3) is 0 Å². The summed E-state index contributed by atoms with van der Waals surface area (Å²) in [5, 5.41) is 129. The Labute approximate surface area is 431 Å². The first kappa shape index (κ1) is 57.5. The molecule has 4 saturated carbocycles. The van der Waals surface area contributed by atoms with E-state index in [9.17, 15) is 66.1 Å². The fourth-order valence-corrected chi connectivity index (χ4v) is 14.9. The van der Waals surface area contributed by atoms with Gasteiger partial charge >= 0.3 is 0 Å². The highest BCUT2D eigenvalue weighted by atomic mass is 16.8. The third-order valence-corrected chi connectivity index (χ3v) is 19.4. The minimum atomic E-state index is -2.01. The normalized spacial score (nSPS) is 55.0. The van der Waals surface area contributed by atoms with Gasteiger partial charge in [0.05, 0.1) is 45.2 Å². The van der Waals surface area contributed by atoms with Crippen molar-refractivity contribution in [3.8, 4) is 0 Å². The van der Waals surface area contributed by atoms with Crippen molar-refractivity contribution in [2.75, 3.05) is 33.0 Å². The predicted octanol–water partition coefficient (Wildman–Crippen LogP) is -2.31. The molecule has 0 aromatic heterocycles. The topological polar surface area (TPSA) is 352 Å². The number of ketones is 1. The second kappa shape index (κ2) is 22.7. The van der Waals surface area contributed by atoms with Crippen LogP contribution in [-0.4, -0.2) is 235 Å². The third-order valence-electron chi connectivity index (χ3n) is 19.4. The molecule has 23 heteroatoms. The number of carbonyl (C=O) groups excluding carboxylic acids is 1. The van der Waals surface area contributed by atoms with Crippen LogP contribution in [-0.2, 0) is 52.2 Å². The molecule has 74 heavy (non-hydrogen) atoms. The van der Waals surface area contributed by atoms with E-state index in [1.807, 2.05) is 6.92 Å². The summed E-state index contributed by atoms with van der Waals surface area (Å²) in [6, 6.07) is 0. The zero-order valence-corrected chi connectivity index (χ0v) is 43.1. The molecule has 5 aliphatic heterocycles. The maximum Gasteiger partial charge on any atom is 0.187 e. The van der Waals surface area contributed by atoms with E-state index in [1.54, 1.807) is 0 Å². The van der Waals surface area contributed by atoms with E-state index in [0.29, 0.717) is 43.5 Å². The van der Waals surface area contributed by atoms with Gasteiger partial charge in [-0.1, -0.05) is 27.7 Å². The lowest BCUT2D eigenvalue weighted by Crippen LogP contribution is -2.68. The molecule has 23 nitrogen and oxygen atoms in total. The van der Waals surface area contributed by atoms with Crippen LogP contribution in [0.4, 0.5) is 0 Å². The summed E-state index contributed by atoms with van der Waals surface area (Å²) in [4.78, 5) is 14.6. The first-order valence-electron chi connectivity index (χ1n) is 27.1. The van der Waals surface area contributed by atoms with Crippen molar-refractivity contribution in [2.45, 2.75) is 234 Å². The largest absolute Gasteiger partial charge is 0.394 e. The van der Waals surface area contributed by atoms with E-state index in [2.05, 4.69) is 27.7 Å². The van der Waals surface area contributed by atoms with Crippen LogP contribution < -0.4 is 0 Å². The zero-order chi connectivity index (χ0) is 53.3. The summed E-state index contributed by atoms with van der Waals surface area (Å²) in [5.41, 5.74) is -0.643. The standard InChI is InChI=1S/C51H84O23/c1-6-25-29(74-50(4)12-9-21(2)19-66-50)14-27-24-8-7-22-13-23(10-11-49(22,3)26(24)15-33(56)51(25,27)5)67-46-41(64)38(61)42(32(18-54)70-46)71-48-44(73-47-40(63)37(60)35(58)30(16-52)68-47)43(36(59)31(17-53)69-48)72-45-39(62)34(57)28(55)20-65-45/h21-32,34-48,52-55,57-64H,6-20H2,1-5H3/t21-,22+,23+,24-,25+,26+,27+,28-,29+,30?,31?,32?,34+,35-,36-,37+,38-,39?,40?,41?,42+,43+,44?,45+,46-,47+,48+,49+,50+,51-/m1/s1. The number of ether oxygens (including phenoxy) is 10. The lowest BCUT2D eigenvalue weighted by atomic mass is 9.44. The highest BCUT2D eigenvalue weighted by molar-refractivity contribution is 5.87. The number of hydrogen-bond donors (Lipinski definition) is 12. The Kier molecular flexibility index (Phi) is 17.7. The highest BCUT2D eigenvalue weighted by Gasteiger charge is 2.66. The van der Waals surface area contributed by atoms with Crippen LogP contribution in [0.5, 0.6) is 0 Å². The van der Waals surface area contributed by atoms with Crippen molar-refractivity contribution in [2.24, 2.45) is 46.3 Å². The van der Waals surface area contributed by atoms with Gasteiger partial charge in [0.2, 0.25) is 0 Å². The van der Waals surface area contributed by atoms with Gasteiger partial charge in [0, 0.05) is 18.3 Å². The molecular formula is C51H84O23. The van der Waals surface area contributed by atoms with Crippen molar-refractivity contribution in [3.63, 3.8) is 0 Å². The maximum absolute atomic E-state index is 14.6. The molecule has 12 N–H and O–H groups in total. The quantitative estimate of drug-likeness (QED) is 0.0813. The van der Waals surface area contributed by atoms with Gasteiger partial charge in [-0.25, -0.2) is 0 Å². The van der Waals surface area contributed by atoms with Gasteiger partial charge in [0.25, 0.3) is 0 Å². The average molecular weight is 1070 g/mol. The van der Waals surface area contributed by atoms with Crippen molar-refractivity contribution < 1.29 is 113 Å². The van der Waals surface area contributed by atoms with Crippen LogP contribution in [0.1, 0.15) is 98.8 Å². The number of Topliss-reactive ketones (excluding diaryl/α,β-unsaturated/α-hetero) is 1. The van der Waals surface area contributed by atoms with E-state index >= 15 is 0 Å². The minimum absolute atomic E-state index is 0.0719. The summed E-state index contributed by atoms with van der Waals surface area (Å²) < 4.78 is 61.0. The summed E-state index contributed by atoms with van der Waals surface area (Å²) >= 11 is 0.